The maximum atomic E-state index is 11.0. The lowest BCUT2D eigenvalue weighted by Gasteiger charge is -2.37. The second kappa shape index (κ2) is 9.78. The summed E-state index contributed by atoms with van der Waals surface area (Å²) in [7, 11) is 1.72. The summed E-state index contributed by atoms with van der Waals surface area (Å²) in [6, 6.07) is 10.5. The van der Waals surface area contributed by atoms with Gasteiger partial charge >= 0.3 is 5.97 Å². The number of aryl methyl sites for hydroxylation is 4. The van der Waals surface area contributed by atoms with Gasteiger partial charge in [-0.2, -0.15) is 0 Å². The Hall–Kier alpha value is -2.79. The van der Waals surface area contributed by atoms with Crippen molar-refractivity contribution in [1.82, 2.24) is 4.90 Å². The van der Waals surface area contributed by atoms with Crippen molar-refractivity contribution in [3.8, 4) is 11.5 Å². The van der Waals surface area contributed by atoms with Crippen LogP contribution in [0.3, 0.4) is 0 Å². The van der Waals surface area contributed by atoms with Crippen LogP contribution in [0.5, 0.6) is 11.5 Å². The van der Waals surface area contributed by atoms with E-state index in [0.29, 0.717) is 18.8 Å². The minimum Gasteiger partial charge on any atom is -0.508 e. The van der Waals surface area contributed by atoms with Crippen LogP contribution in [0.1, 0.15) is 47.6 Å². The van der Waals surface area contributed by atoms with Gasteiger partial charge in [0.2, 0.25) is 0 Å². The number of carboxylic acid groups (broad SMARTS) is 1. The molecule has 0 spiro atoms. The maximum absolute atomic E-state index is 11.0. The first-order valence-electron chi connectivity index (χ1n) is 11.6. The number of carbonyl (C=O) groups is 1. The van der Waals surface area contributed by atoms with Gasteiger partial charge in [0.25, 0.3) is 0 Å². The average molecular weight is 436 g/mol. The van der Waals surface area contributed by atoms with Crippen molar-refractivity contribution in [2.75, 3.05) is 26.7 Å². The van der Waals surface area contributed by atoms with Crippen LogP contribution >= 0.6 is 0 Å². The number of carboxylic acids is 1. The van der Waals surface area contributed by atoms with Crippen molar-refractivity contribution < 1.29 is 19.7 Å². The van der Waals surface area contributed by atoms with Crippen molar-refractivity contribution in [1.29, 1.82) is 0 Å². The lowest BCUT2D eigenvalue weighted by Crippen LogP contribution is -2.50. The molecule has 0 radical (unpaired) electrons. The topological polar surface area (TPSA) is 70.0 Å². The molecule has 0 unspecified atom stereocenters. The Morgan fingerprint density at radius 2 is 1.88 bits per heavy atom. The molecule has 5 heteroatoms. The fraction of sp³-hybridized carbons (Fsp3) is 0.444. The third-order valence-corrected chi connectivity index (χ3v) is 6.70. The molecule has 0 amide bonds. The van der Waals surface area contributed by atoms with E-state index < -0.39 is 5.97 Å². The van der Waals surface area contributed by atoms with E-state index in [0.717, 1.165) is 61.9 Å². The number of rotatable bonds is 9. The average Bonchev–Trinajstić information content (AvgIpc) is 2.75. The smallest absolute Gasteiger partial charge is 0.309 e. The van der Waals surface area contributed by atoms with Crippen molar-refractivity contribution in [3.63, 3.8) is 0 Å². The molecule has 170 valence electrons. The lowest BCUT2D eigenvalue weighted by atomic mass is 9.88. The normalized spacial score (nSPS) is 16.2. The van der Waals surface area contributed by atoms with Crippen LogP contribution in [0.2, 0.25) is 0 Å². The molecule has 2 aromatic rings. The quantitative estimate of drug-likeness (QED) is 0.608. The largest absolute Gasteiger partial charge is 0.508 e. The van der Waals surface area contributed by atoms with Gasteiger partial charge in [0.05, 0.1) is 13.0 Å². The van der Waals surface area contributed by atoms with E-state index in [1.807, 2.05) is 6.07 Å². The Kier molecular flexibility index (Phi) is 6.85. The number of methoxy groups -OCH3 is 1. The summed E-state index contributed by atoms with van der Waals surface area (Å²) in [5.74, 6) is 0.378. The number of benzene rings is 2. The van der Waals surface area contributed by atoms with Gasteiger partial charge in [-0.25, -0.2) is 0 Å². The van der Waals surface area contributed by atoms with Crippen LogP contribution in [0.4, 0.5) is 0 Å². The molecule has 0 saturated carbocycles. The van der Waals surface area contributed by atoms with Gasteiger partial charge in [0.15, 0.2) is 0 Å². The van der Waals surface area contributed by atoms with Gasteiger partial charge in [-0.1, -0.05) is 37.1 Å². The first kappa shape index (κ1) is 22.4. The number of ether oxygens (including phenoxy) is 1. The van der Waals surface area contributed by atoms with Crippen LogP contribution in [0, 0.1) is 5.92 Å². The Labute approximate surface area is 190 Å². The summed E-state index contributed by atoms with van der Waals surface area (Å²) < 4.78 is 5.62. The monoisotopic (exact) mass is 435 g/mol. The highest BCUT2D eigenvalue weighted by Gasteiger charge is 2.32. The molecule has 2 N–H and O–H groups in total. The highest BCUT2D eigenvalue weighted by molar-refractivity contribution is 5.71. The van der Waals surface area contributed by atoms with Crippen molar-refractivity contribution in [2.24, 2.45) is 5.92 Å². The van der Waals surface area contributed by atoms with E-state index in [4.69, 9.17) is 9.84 Å². The van der Waals surface area contributed by atoms with Gasteiger partial charge in [-0.05, 0) is 78.1 Å². The summed E-state index contributed by atoms with van der Waals surface area (Å²) in [6.07, 6.45) is 7.82. The number of likely N-dealkylation sites (tertiary alicyclic amines) is 1. The SMILES string of the molecule is CCCc1ccc(CCc2cc3c(cc2O)CCC(CN2CC(C(=O)O)C2)=C3)c(OC)c1. The third-order valence-electron chi connectivity index (χ3n) is 6.70. The Morgan fingerprint density at radius 1 is 1.09 bits per heavy atom. The number of hydrogen-bond acceptors (Lipinski definition) is 4. The molecule has 2 aliphatic rings. The second-order valence-corrected chi connectivity index (χ2v) is 9.11. The molecule has 2 aromatic carbocycles. The van der Waals surface area contributed by atoms with Crippen LogP contribution in [0.15, 0.2) is 35.9 Å². The minimum atomic E-state index is -0.694. The number of nitrogens with zero attached hydrogens (tertiary/aromatic N) is 1. The third kappa shape index (κ3) is 4.99. The van der Waals surface area contributed by atoms with E-state index in [-0.39, 0.29) is 5.92 Å². The molecule has 5 nitrogen and oxygen atoms in total. The molecule has 0 aromatic heterocycles. The fourth-order valence-corrected chi connectivity index (χ4v) is 4.81. The van der Waals surface area contributed by atoms with Gasteiger partial charge in [-0.15, -0.1) is 0 Å². The van der Waals surface area contributed by atoms with Gasteiger partial charge in [0.1, 0.15) is 11.5 Å². The molecule has 1 heterocycles. The van der Waals surface area contributed by atoms with Crippen molar-refractivity contribution in [3.05, 3.63) is 63.7 Å². The zero-order valence-corrected chi connectivity index (χ0v) is 19.1. The molecule has 4 rings (SSSR count). The second-order valence-electron chi connectivity index (χ2n) is 9.11. The number of hydrogen-bond donors (Lipinski definition) is 2. The van der Waals surface area contributed by atoms with Crippen LogP contribution in [0.25, 0.3) is 6.08 Å². The van der Waals surface area contributed by atoms with Crippen molar-refractivity contribution >= 4 is 12.0 Å². The molecule has 1 aliphatic heterocycles. The molecular weight excluding hydrogens is 402 g/mol. The number of phenols is 1. The number of fused-ring (bicyclic) bond motifs is 1. The number of aromatic hydroxyl groups is 1. The molecule has 1 aliphatic carbocycles. The summed E-state index contributed by atoms with van der Waals surface area (Å²) in [5, 5.41) is 19.7. The minimum absolute atomic E-state index is 0.219. The summed E-state index contributed by atoms with van der Waals surface area (Å²) in [5.41, 5.74) is 7.11. The zero-order chi connectivity index (χ0) is 22.7. The molecule has 1 saturated heterocycles. The molecular formula is C27H33NO4. The van der Waals surface area contributed by atoms with Crippen LogP contribution < -0.4 is 4.74 Å². The number of aliphatic carboxylic acids is 1. The summed E-state index contributed by atoms with van der Waals surface area (Å²) >= 11 is 0. The number of phenolic OH excluding ortho intramolecular Hbond substituents is 1. The van der Waals surface area contributed by atoms with Crippen LogP contribution in [-0.4, -0.2) is 47.8 Å². The zero-order valence-electron chi connectivity index (χ0n) is 19.1. The Morgan fingerprint density at radius 3 is 2.59 bits per heavy atom. The fourth-order valence-electron chi connectivity index (χ4n) is 4.81. The van der Waals surface area contributed by atoms with Gasteiger partial charge in [0, 0.05) is 19.6 Å². The van der Waals surface area contributed by atoms with E-state index in [9.17, 15) is 9.90 Å². The Bertz CT molecular complexity index is 1020. The van der Waals surface area contributed by atoms with E-state index in [1.54, 1.807) is 7.11 Å². The summed E-state index contributed by atoms with van der Waals surface area (Å²) in [6.45, 7) is 4.29. The summed E-state index contributed by atoms with van der Waals surface area (Å²) in [4.78, 5) is 13.2. The molecule has 1 fully saturated rings. The van der Waals surface area contributed by atoms with Gasteiger partial charge < -0.3 is 14.9 Å². The van der Waals surface area contributed by atoms with Crippen molar-refractivity contribution in [2.45, 2.75) is 45.4 Å². The van der Waals surface area contributed by atoms with Gasteiger partial charge in [-0.3, -0.25) is 9.69 Å². The standard InChI is InChI=1S/C27H33NO4/c1-3-4-18-5-7-20(26(12-18)32-2)9-10-22-13-23-11-19(6-8-21(23)14-25(22)29)15-28-16-24(17-28)27(30)31/h5,7,11-14,24,29H,3-4,6,8-10,15-17H2,1-2H3,(H,30,31). The first-order chi connectivity index (χ1) is 15.5. The molecule has 32 heavy (non-hydrogen) atoms. The van der Waals surface area contributed by atoms with Crippen LogP contribution in [-0.2, 0) is 30.5 Å². The maximum Gasteiger partial charge on any atom is 0.309 e. The Balaban J connectivity index is 1.44. The predicted octanol–water partition coefficient (Wildman–Crippen LogP) is 4.48. The van der Waals surface area contributed by atoms with E-state index in [2.05, 4.69) is 42.2 Å². The van der Waals surface area contributed by atoms with E-state index in [1.165, 1.54) is 22.3 Å². The molecule has 0 bridgehead atoms. The highest BCUT2D eigenvalue weighted by Crippen LogP contribution is 2.32. The highest BCUT2D eigenvalue weighted by atomic mass is 16.5. The molecule has 0 atom stereocenters. The first-order valence-corrected chi connectivity index (χ1v) is 11.6. The van der Waals surface area contributed by atoms with E-state index >= 15 is 0 Å². The predicted molar refractivity (Wildman–Crippen MR) is 126 cm³/mol. The lowest BCUT2D eigenvalue weighted by molar-refractivity contribution is -0.147.